The summed E-state index contributed by atoms with van der Waals surface area (Å²) in [6.45, 7) is 6.12. The number of β-amino-alcohol motifs (C(OH)–C–C–N with tert-alkyl or cyclic N) is 1. The Morgan fingerprint density at radius 1 is 1.69 bits per heavy atom. The molecule has 2 N–H and O–H groups in total. The highest BCUT2D eigenvalue weighted by Gasteiger charge is 2.18. The van der Waals surface area contributed by atoms with Crippen LogP contribution in [0.5, 0.6) is 0 Å². The topological polar surface area (TPSA) is 44.7 Å². The van der Waals surface area contributed by atoms with Gasteiger partial charge in [-0.05, 0) is 14.0 Å². The Hall–Kier alpha value is -0.160. The summed E-state index contributed by atoms with van der Waals surface area (Å²) in [6, 6.07) is 0. The summed E-state index contributed by atoms with van der Waals surface area (Å²) in [5.74, 6) is 0. The van der Waals surface area contributed by atoms with Crippen molar-refractivity contribution >= 4 is 0 Å². The van der Waals surface area contributed by atoms with E-state index in [-0.39, 0.29) is 6.10 Å². The third kappa shape index (κ3) is 4.04. The SMILES string of the molecule is CNCC(O)CN1CCOC(C)C1. The van der Waals surface area contributed by atoms with Crippen LogP contribution in [0.4, 0.5) is 0 Å². The van der Waals surface area contributed by atoms with E-state index in [0.717, 1.165) is 26.2 Å². The molecule has 13 heavy (non-hydrogen) atoms. The van der Waals surface area contributed by atoms with Crippen LogP contribution >= 0.6 is 0 Å². The first-order chi connectivity index (χ1) is 6.22. The van der Waals surface area contributed by atoms with Gasteiger partial charge in [-0.3, -0.25) is 4.90 Å². The third-order valence-corrected chi connectivity index (χ3v) is 2.23. The maximum atomic E-state index is 9.54. The molecule has 0 aliphatic carbocycles. The van der Waals surface area contributed by atoms with Gasteiger partial charge in [0, 0.05) is 26.2 Å². The summed E-state index contributed by atoms with van der Waals surface area (Å²) < 4.78 is 5.41. The van der Waals surface area contributed by atoms with Crippen LogP contribution < -0.4 is 5.32 Å². The van der Waals surface area contributed by atoms with Crippen molar-refractivity contribution in [3.8, 4) is 0 Å². The average molecular weight is 188 g/mol. The van der Waals surface area contributed by atoms with E-state index in [1.807, 2.05) is 7.05 Å². The van der Waals surface area contributed by atoms with Crippen LogP contribution in [0.3, 0.4) is 0 Å². The lowest BCUT2D eigenvalue weighted by atomic mass is 10.2. The fourth-order valence-corrected chi connectivity index (χ4v) is 1.65. The van der Waals surface area contributed by atoms with Gasteiger partial charge in [-0.1, -0.05) is 0 Å². The predicted molar refractivity (Wildman–Crippen MR) is 51.8 cm³/mol. The monoisotopic (exact) mass is 188 g/mol. The molecule has 4 nitrogen and oxygen atoms in total. The Morgan fingerprint density at radius 3 is 3.08 bits per heavy atom. The number of aliphatic hydroxyl groups is 1. The minimum atomic E-state index is -0.268. The smallest absolute Gasteiger partial charge is 0.0791 e. The van der Waals surface area contributed by atoms with Crippen molar-refractivity contribution < 1.29 is 9.84 Å². The molecule has 1 rings (SSSR count). The first-order valence-electron chi connectivity index (χ1n) is 4.89. The van der Waals surface area contributed by atoms with Crippen LogP contribution in [0, 0.1) is 0 Å². The number of ether oxygens (including phenoxy) is 1. The molecule has 2 unspecified atom stereocenters. The van der Waals surface area contributed by atoms with E-state index in [1.165, 1.54) is 0 Å². The zero-order chi connectivity index (χ0) is 9.68. The molecule has 0 aromatic rings. The molecule has 78 valence electrons. The quantitative estimate of drug-likeness (QED) is 0.611. The first-order valence-corrected chi connectivity index (χ1v) is 4.89. The van der Waals surface area contributed by atoms with E-state index in [0.29, 0.717) is 12.6 Å². The summed E-state index contributed by atoms with van der Waals surface area (Å²) in [4.78, 5) is 2.25. The number of hydrogen-bond acceptors (Lipinski definition) is 4. The van der Waals surface area contributed by atoms with Gasteiger partial charge >= 0.3 is 0 Å². The molecule has 0 bridgehead atoms. The van der Waals surface area contributed by atoms with Crippen LogP contribution in [0.25, 0.3) is 0 Å². The minimum Gasteiger partial charge on any atom is -0.390 e. The molecule has 4 heteroatoms. The van der Waals surface area contributed by atoms with E-state index >= 15 is 0 Å². The Bertz CT molecular complexity index is 144. The normalized spacial score (nSPS) is 27.5. The molecule has 0 spiro atoms. The molecule has 1 aliphatic rings. The highest BCUT2D eigenvalue weighted by molar-refractivity contribution is 4.71. The van der Waals surface area contributed by atoms with Gasteiger partial charge in [-0.15, -0.1) is 0 Å². The Balaban J connectivity index is 2.19. The number of rotatable bonds is 4. The molecule has 1 heterocycles. The molecule has 0 saturated carbocycles. The van der Waals surface area contributed by atoms with Gasteiger partial charge in [-0.2, -0.15) is 0 Å². The molecule has 1 fully saturated rings. The zero-order valence-corrected chi connectivity index (χ0v) is 8.49. The van der Waals surface area contributed by atoms with Gasteiger partial charge in [0.1, 0.15) is 0 Å². The van der Waals surface area contributed by atoms with Crippen LogP contribution in [-0.2, 0) is 4.74 Å². The third-order valence-electron chi connectivity index (χ3n) is 2.23. The Morgan fingerprint density at radius 2 is 2.46 bits per heavy atom. The largest absolute Gasteiger partial charge is 0.390 e. The molecule has 0 radical (unpaired) electrons. The van der Waals surface area contributed by atoms with Crippen molar-refractivity contribution in [1.82, 2.24) is 10.2 Å². The number of morpholine rings is 1. The van der Waals surface area contributed by atoms with Crippen molar-refractivity contribution in [2.45, 2.75) is 19.1 Å². The van der Waals surface area contributed by atoms with Crippen molar-refractivity contribution in [3.05, 3.63) is 0 Å². The van der Waals surface area contributed by atoms with Crippen LogP contribution in [0.2, 0.25) is 0 Å². The molecule has 0 aromatic heterocycles. The second kappa shape index (κ2) is 5.54. The van der Waals surface area contributed by atoms with E-state index in [9.17, 15) is 5.11 Å². The van der Waals surface area contributed by atoms with Gasteiger partial charge in [-0.25, -0.2) is 0 Å². The number of nitrogens with one attached hydrogen (secondary N) is 1. The lowest BCUT2D eigenvalue weighted by molar-refractivity contribution is -0.0311. The fourth-order valence-electron chi connectivity index (χ4n) is 1.65. The Kier molecular flexibility index (Phi) is 4.66. The molecular weight excluding hydrogens is 168 g/mol. The molecule has 2 atom stereocenters. The number of likely N-dealkylation sites (N-methyl/N-ethyl adjacent to an activating group) is 1. The van der Waals surface area contributed by atoms with Gasteiger partial charge in [0.15, 0.2) is 0 Å². The van der Waals surface area contributed by atoms with E-state index in [4.69, 9.17) is 4.74 Å². The summed E-state index contributed by atoms with van der Waals surface area (Å²) >= 11 is 0. The number of aliphatic hydroxyl groups excluding tert-OH is 1. The van der Waals surface area contributed by atoms with Gasteiger partial charge in [0.2, 0.25) is 0 Å². The van der Waals surface area contributed by atoms with Crippen LogP contribution in [0.15, 0.2) is 0 Å². The Labute approximate surface area is 79.9 Å². The number of nitrogens with zero attached hydrogens (tertiary/aromatic N) is 1. The first kappa shape index (κ1) is 10.9. The summed E-state index contributed by atoms with van der Waals surface area (Å²) in [6.07, 6.45) is 0.0332. The van der Waals surface area contributed by atoms with Crippen molar-refractivity contribution in [3.63, 3.8) is 0 Å². The maximum Gasteiger partial charge on any atom is 0.0791 e. The van der Waals surface area contributed by atoms with Gasteiger partial charge in [0.25, 0.3) is 0 Å². The van der Waals surface area contributed by atoms with E-state index < -0.39 is 0 Å². The predicted octanol–water partition coefficient (Wildman–Crippen LogP) is -0.713. The molecule has 1 aliphatic heterocycles. The second-order valence-electron chi connectivity index (χ2n) is 3.65. The molecule has 0 amide bonds. The summed E-state index contributed by atoms with van der Waals surface area (Å²) in [5, 5.41) is 12.5. The van der Waals surface area contributed by atoms with Gasteiger partial charge < -0.3 is 15.2 Å². The maximum absolute atomic E-state index is 9.54. The zero-order valence-electron chi connectivity index (χ0n) is 8.49. The minimum absolute atomic E-state index is 0.268. The van der Waals surface area contributed by atoms with Crippen LogP contribution in [-0.4, -0.2) is 62.0 Å². The van der Waals surface area contributed by atoms with E-state index in [2.05, 4.69) is 17.1 Å². The lowest BCUT2D eigenvalue weighted by Gasteiger charge is -2.32. The van der Waals surface area contributed by atoms with E-state index in [1.54, 1.807) is 0 Å². The summed E-state index contributed by atoms with van der Waals surface area (Å²) in [5.41, 5.74) is 0. The van der Waals surface area contributed by atoms with Gasteiger partial charge in [0.05, 0.1) is 18.8 Å². The molecular formula is C9H20N2O2. The highest BCUT2D eigenvalue weighted by Crippen LogP contribution is 2.04. The highest BCUT2D eigenvalue weighted by atomic mass is 16.5. The standard InChI is InChI=1S/C9H20N2O2/c1-8-6-11(3-4-13-8)7-9(12)5-10-2/h8-10,12H,3-7H2,1-2H3. The van der Waals surface area contributed by atoms with Crippen LogP contribution in [0.1, 0.15) is 6.92 Å². The lowest BCUT2D eigenvalue weighted by Crippen LogP contribution is -2.46. The molecule has 0 aromatic carbocycles. The molecule has 1 saturated heterocycles. The summed E-state index contributed by atoms with van der Waals surface area (Å²) in [7, 11) is 1.85. The average Bonchev–Trinajstić information content (AvgIpc) is 2.04. The second-order valence-corrected chi connectivity index (χ2v) is 3.65. The number of hydrogen-bond donors (Lipinski definition) is 2. The van der Waals surface area contributed by atoms with Crippen molar-refractivity contribution in [1.29, 1.82) is 0 Å². The van der Waals surface area contributed by atoms with Crippen molar-refractivity contribution in [2.24, 2.45) is 0 Å². The fraction of sp³-hybridized carbons (Fsp3) is 1.00. The van der Waals surface area contributed by atoms with Crippen molar-refractivity contribution in [2.75, 3.05) is 39.8 Å².